The minimum Gasteiger partial charge on any atom is -0.372 e. The van der Waals surface area contributed by atoms with Crippen LogP contribution in [-0.2, 0) is 10.2 Å². The zero-order valence-electron chi connectivity index (χ0n) is 14.3. The van der Waals surface area contributed by atoms with Crippen molar-refractivity contribution < 1.29 is 9.53 Å². The highest BCUT2D eigenvalue weighted by Crippen LogP contribution is 2.25. The van der Waals surface area contributed by atoms with E-state index in [0.29, 0.717) is 19.6 Å². The Morgan fingerprint density at radius 2 is 1.86 bits per heavy atom. The summed E-state index contributed by atoms with van der Waals surface area (Å²) in [7, 11) is 0. The summed E-state index contributed by atoms with van der Waals surface area (Å²) in [6.07, 6.45) is 0.192. The molecule has 1 N–H and O–H groups in total. The number of carbonyl (C=O) groups excluding carboxylic acids is 1. The number of benzene rings is 1. The average molecular weight is 304 g/mol. The third kappa shape index (κ3) is 4.01. The second-order valence-electron chi connectivity index (χ2n) is 7.02. The lowest BCUT2D eigenvalue weighted by molar-refractivity contribution is -0.0545. The molecule has 1 aliphatic rings. The molecule has 2 atom stereocenters. The van der Waals surface area contributed by atoms with Crippen LogP contribution in [0.5, 0.6) is 0 Å². The maximum atomic E-state index is 12.4. The molecule has 4 nitrogen and oxygen atoms in total. The fourth-order valence-corrected chi connectivity index (χ4v) is 3.18. The number of ether oxygens (including phenoxy) is 1. The van der Waals surface area contributed by atoms with Gasteiger partial charge in [-0.1, -0.05) is 38.1 Å². The highest BCUT2D eigenvalue weighted by atomic mass is 16.5. The van der Waals surface area contributed by atoms with Gasteiger partial charge in [0.25, 0.3) is 0 Å². The highest BCUT2D eigenvalue weighted by Gasteiger charge is 2.28. The number of carbonyl (C=O) groups is 1. The molecule has 1 aliphatic heterocycles. The Morgan fingerprint density at radius 1 is 1.27 bits per heavy atom. The number of hydrogen-bond acceptors (Lipinski definition) is 2. The van der Waals surface area contributed by atoms with E-state index in [1.165, 1.54) is 11.1 Å². The van der Waals surface area contributed by atoms with Crippen molar-refractivity contribution in [3.05, 3.63) is 35.4 Å². The first kappa shape index (κ1) is 16.8. The molecule has 2 unspecified atom stereocenters. The van der Waals surface area contributed by atoms with Crippen molar-refractivity contribution in [3.8, 4) is 0 Å². The molecule has 22 heavy (non-hydrogen) atoms. The van der Waals surface area contributed by atoms with Gasteiger partial charge in [0.1, 0.15) is 0 Å². The normalized spacial score (nSPS) is 22.5. The summed E-state index contributed by atoms with van der Waals surface area (Å²) < 4.78 is 5.68. The molecule has 1 aromatic rings. The molecule has 2 rings (SSSR count). The number of urea groups is 1. The topological polar surface area (TPSA) is 41.6 Å². The first-order chi connectivity index (χ1) is 10.3. The third-order valence-electron chi connectivity index (χ3n) is 4.26. The van der Waals surface area contributed by atoms with E-state index in [4.69, 9.17) is 4.74 Å². The van der Waals surface area contributed by atoms with Crippen LogP contribution in [0.4, 0.5) is 4.79 Å². The van der Waals surface area contributed by atoms with Crippen LogP contribution < -0.4 is 5.32 Å². The molecule has 0 aliphatic carbocycles. The van der Waals surface area contributed by atoms with Gasteiger partial charge in [-0.25, -0.2) is 4.79 Å². The van der Waals surface area contributed by atoms with Crippen molar-refractivity contribution in [1.29, 1.82) is 0 Å². The van der Waals surface area contributed by atoms with Crippen LogP contribution in [-0.4, -0.2) is 42.8 Å². The summed E-state index contributed by atoms with van der Waals surface area (Å²) in [5.41, 5.74) is 2.44. The van der Waals surface area contributed by atoms with E-state index in [0.717, 1.165) is 0 Å². The second-order valence-corrected chi connectivity index (χ2v) is 7.02. The highest BCUT2D eigenvalue weighted by molar-refractivity contribution is 5.74. The van der Waals surface area contributed by atoms with Gasteiger partial charge >= 0.3 is 6.03 Å². The van der Waals surface area contributed by atoms with Crippen LogP contribution in [0.25, 0.3) is 0 Å². The van der Waals surface area contributed by atoms with Crippen LogP contribution in [0.15, 0.2) is 24.3 Å². The first-order valence-electron chi connectivity index (χ1n) is 8.04. The Bertz CT molecular complexity index is 518. The molecule has 0 bridgehead atoms. The van der Waals surface area contributed by atoms with Crippen LogP contribution >= 0.6 is 0 Å². The number of nitrogens with one attached hydrogen (secondary N) is 1. The minimum absolute atomic E-state index is 0.00339. The Morgan fingerprint density at radius 3 is 2.45 bits per heavy atom. The van der Waals surface area contributed by atoms with Gasteiger partial charge in [-0.2, -0.15) is 0 Å². The van der Waals surface area contributed by atoms with E-state index < -0.39 is 0 Å². The van der Waals surface area contributed by atoms with Crippen LogP contribution in [0.2, 0.25) is 0 Å². The summed E-state index contributed by atoms with van der Waals surface area (Å²) in [6, 6.07) is 8.36. The SMILES string of the molecule is Cc1ccccc1C(C)(C)CNC(=O)N1CC(C)OC(C)C1. The molecule has 0 spiro atoms. The van der Waals surface area contributed by atoms with Crippen molar-refractivity contribution in [1.82, 2.24) is 10.2 Å². The quantitative estimate of drug-likeness (QED) is 0.932. The minimum atomic E-state index is -0.0927. The lowest BCUT2D eigenvalue weighted by Gasteiger charge is -2.36. The molecule has 1 aromatic carbocycles. The summed E-state index contributed by atoms with van der Waals surface area (Å²) >= 11 is 0. The zero-order valence-corrected chi connectivity index (χ0v) is 14.3. The fraction of sp³-hybridized carbons (Fsp3) is 0.611. The Hall–Kier alpha value is -1.55. The van der Waals surface area contributed by atoms with Gasteiger partial charge < -0.3 is 15.0 Å². The van der Waals surface area contributed by atoms with Crippen LogP contribution in [0.1, 0.15) is 38.8 Å². The van der Waals surface area contributed by atoms with Crippen LogP contribution in [0, 0.1) is 6.92 Å². The fourth-order valence-electron chi connectivity index (χ4n) is 3.18. The van der Waals surface area contributed by atoms with Crippen molar-refractivity contribution in [3.63, 3.8) is 0 Å². The van der Waals surface area contributed by atoms with E-state index in [1.54, 1.807) is 0 Å². The average Bonchev–Trinajstić information content (AvgIpc) is 2.44. The predicted octanol–water partition coefficient (Wildman–Crippen LogP) is 3.09. The van der Waals surface area contributed by atoms with Crippen molar-refractivity contribution in [2.75, 3.05) is 19.6 Å². The van der Waals surface area contributed by atoms with Crippen LogP contribution in [0.3, 0.4) is 0 Å². The molecular formula is C18H28N2O2. The van der Waals surface area contributed by atoms with Gasteiger partial charge in [-0.3, -0.25) is 0 Å². The largest absolute Gasteiger partial charge is 0.372 e. The number of morpholine rings is 1. The molecule has 0 saturated carbocycles. The first-order valence-corrected chi connectivity index (χ1v) is 8.04. The van der Waals surface area contributed by atoms with E-state index in [9.17, 15) is 4.79 Å². The molecule has 2 amide bonds. The van der Waals surface area contributed by atoms with Crippen molar-refractivity contribution in [2.24, 2.45) is 0 Å². The predicted molar refractivity (Wildman–Crippen MR) is 89.2 cm³/mol. The summed E-state index contributed by atoms with van der Waals surface area (Å²) in [6.45, 7) is 12.4. The Balaban J connectivity index is 1.97. The molecule has 4 heteroatoms. The maximum absolute atomic E-state index is 12.4. The molecule has 1 saturated heterocycles. The third-order valence-corrected chi connectivity index (χ3v) is 4.26. The van der Waals surface area contributed by atoms with Crippen molar-refractivity contribution in [2.45, 2.75) is 52.2 Å². The van der Waals surface area contributed by atoms with Gasteiger partial charge in [0, 0.05) is 25.0 Å². The van der Waals surface area contributed by atoms with E-state index >= 15 is 0 Å². The van der Waals surface area contributed by atoms with Gasteiger partial charge in [-0.15, -0.1) is 0 Å². The van der Waals surface area contributed by atoms with Gasteiger partial charge in [0.2, 0.25) is 0 Å². The monoisotopic (exact) mass is 304 g/mol. The number of nitrogens with zero attached hydrogens (tertiary/aromatic N) is 1. The van der Waals surface area contributed by atoms with E-state index in [1.807, 2.05) is 24.8 Å². The summed E-state index contributed by atoms with van der Waals surface area (Å²) in [5.74, 6) is 0. The molecule has 1 heterocycles. The van der Waals surface area contributed by atoms with Gasteiger partial charge in [0.15, 0.2) is 0 Å². The van der Waals surface area contributed by atoms with E-state index in [-0.39, 0.29) is 23.7 Å². The lowest BCUT2D eigenvalue weighted by atomic mass is 9.82. The van der Waals surface area contributed by atoms with E-state index in [2.05, 4.69) is 44.3 Å². The standard InChI is InChI=1S/C18H28N2O2/c1-13-8-6-7-9-16(13)18(4,5)12-19-17(21)20-10-14(2)22-15(3)11-20/h6-9,14-15H,10-12H2,1-5H3,(H,19,21). The molecular weight excluding hydrogens is 276 g/mol. The van der Waals surface area contributed by atoms with Gasteiger partial charge in [0.05, 0.1) is 12.2 Å². The Kier molecular flexibility index (Phi) is 5.12. The molecule has 122 valence electrons. The Labute approximate surface area is 133 Å². The number of amides is 2. The molecule has 0 aromatic heterocycles. The number of aryl methyl sites for hydroxylation is 1. The number of hydrogen-bond donors (Lipinski definition) is 1. The lowest BCUT2D eigenvalue weighted by Crippen LogP contribution is -2.53. The van der Waals surface area contributed by atoms with Gasteiger partial charge in [-0.05, 0) is 31.9 Å². The molecule has 0 radical (unpaired) electrons. The maximum Gasteiger partial charge on any atom is 0.317 e. The zero-order chi connectivity index (χ0) is 16.3. The smallest absolute Gasteiger partial charge is 0.317 e. The summed E-state index contributed by atoms with van der Waals surface area (Å²) in [4.78, 5) is 14.3. The second kappa shape index (κ2) is 6.69. The number of rotatable bonds is 3. The molecule has 1 fully saturated rings. The summed E-state index contributed by atoms with van der Waals surface area (Å²) in [5, 5.41) is 3.09. The van der Waals surface area contributed by atoms with Crippen molar-refractivity contribution >= 4 is 6.03 Å².